The van der Waals surface area contributed by atoms with Gasteiger partial charge in [-0.3, -0.25) is 9.59 Å². The van der Waals surface area contributed by atoms with Gasteiger partial charge < -0.3 is 15.5 Å². The summed E-state index contributed by atoms with van der Waals surface area (Å²) in [5.74, 6) is -0.188. The Balaban J connectivity index is 0.00000364. The number of piperidine rings is 1. The number of amides is 2. The van der Waals surface area contributed by atoms with Gasteiger partial charge in [-0.2, -0.15) is 0 Å². The smallest absolute Gasteiger partial charge is 0.251 e. The number of halogens is 2. The van der Waals surface area contributed by atoms with E-state index in [-0.39, 0.29) is 30.1 Å². The van der Waals surface area contributed by atoms with Crippen molar-refractivity contribution in [2.75, 3.05) is 26.2 Å². The summed E-state index contributed by atoms with van der Waals surface area (Å²) in [6.45, 7) is 9.35. The van der Waals surface area contributed by atoms with E-state index >= 15 is 0 Å². The van der Waals surface area contributed by atoms with Crippen molar-refractivity contribution >= 4 is 24.2 Å². The van der Waals surface area contributed by atoms with Crippen LogP contribution >= 0.6 is 12.4 Å². The molecule has 1 heterocycles. The van der Waals surface area contributed by atoms with Crippen LogP contribution in [-0.2, 0) is 4.79 Å². The van der Waals surface area contributed by atoms with E-state index in [0.29, 0.717) is 11.5 Å². The predicted molar refractivity (Wildman–Crippen MR) is 108 cm³/mol. The van der Waals surface area contributed by atoms with Crippen LogP contribution in [0.1, 0.15) is 44.0 Å². The molecule has 1 saturated heterocycles. The predicted octanol–water partition coefficient (Wildman–Crippen LogP) is 2.85. The number of carbonyl (C=O) groups is 2. The molecule has 2 N–H and O–H groups in total. The van der Waals surface area contributed by atoms with Gasteiger partial charge in [0.2, 0.25) is 5.91 Å². The average molecular weight is 400 g/mol. The first-order chi connectivity index (χ1) is 12.4. The minimum Gasteiger partial charge on any atom is -0.341 e. The molecule has 5 nitrogen and oxygen atoms in total. The van der Waals surface area contributed by atoms with Gasteiger partial charge in [-0.15, -0.1) is 12.4 Å². The molecule has 2 amide bonds. The average Bonchev–Trinajstić information content (AvgIpc) is 2.64. The van der Waals surface area contributed by atoms with Gasteiger partial charge >= 0.3 is 0 Å². The highest BCUT2D eigenvalue weighted by atomic mass is 35.5. The molecule has 1 aromatic rings. The molecule has 1 aliphatic rings. The van der Waals surface area contributed by atoms with Crippen LogP contribution in [0.15, 0.2) is 24.3 Å². The van der Waals surface area contributed by atoms with Gasteiger partial charge in [-0.25, -0.2) is 4.39 Å². The zero-order valence-corrected chi connectivity index (χ0v) is 17.2. The van der Waals surface area contributed by atoms with Crippen LogP contribution in [0.5, 0.6) is 0 Å². The quantitative estimate of drug-likeness (QED) is 0.741. The summed E-state index contributed by atoms with van der Waals surface area (Å²) in [5.41, 5.74) is 0.356. The van der Waals surface area contributed by atoms with Crippen LogP contribution in [0.2, 0.25) is 0 Å². The van der Waals surface area contributed by atoms with Crippen molar-refractivity contribution in [1.82, 2.24) is 15.5 Å². The first-order valence-electron chi connectivity index (χ1n) is 9.48. The van der Waals surface area contributed by atoms with Gasteiger partial charge in [0.15, 0.2) is 0 Å². The van der Waals surface area contributed by atoms with Crippen LogP contribution in [0.3, 0.4) is 0 Å². The minimum absolute atomic E-state index is 0. The fraction of sp³-hybridized carbons (Fsp3) is 0.600. The van der Waals surface area contributed by atoms with E-state index in [2.05, 4.69) is 17.6 Å². The molecule has 1 fully saturated rings. The normalized spacial score (nSPS) is 16.0. The van der Waals surface area contributed by atoms with Gasteiger partial charge in [0.25, 0.3) is 5.91 Å². The zero-order chi connectivity index (χ0) is 19.1. The largest absolute Gasteiger partial charge is 0.341 e. The molecule has 0 saturated carbocycles. The third-order valence-electron chi connectivity index (χ3n) is 4.93. The summed E-state index contributed by atoms with van der Waals surface area (Å²) in [6.07, 6.45) is 1.96. The number of benzene rings is 1. The molecule has 0 bridgehead atoms. The van der Waals surface area contributed by atoms with Gasteiger partial charge in [0, 0.05) is 18.7 Å². The van der Waals surface area contributed by atoms with Crippen molar-refractivity contribution in [2.24, 2.45) is 11.8 Å². The molecule has 1 unspecified atom stereocenters. The Hall–Kier alpha value is -1.66. The maximum Gasteiger partial charge on any atom is 0.251 e. The molecule has 0 aromatic heterocycles. The highest BCUT2D eigenvalue weighted by Crippen LogP contribution is 2.19. The fourth-order valence-corrected chi connectivity index (χ4v) is 3.24. The Morgan fingerprint density at radius 2 is 1.78 bits per heavy atom. The number of likely N-dealkylation sites (tertiary alicyclic amines) is 1. The summed E-state index contributed by atoms with van der Waals surface area (Å²) in [4.78, 5) is 27.2. The lowest BCUT2D eigenvalue weighted by molar-refractivity contribution is -0.135. The second-order valence-corrected chi connectivity index (χ2v) is 7.28. The molecule has 0 spiro atoms. The van der Waals surface area contributed by atoms with E-state index in [1.807, 2.05) is 18.7 Å². The van der Waals surface area contributed by atoms with E-state index in [0.717, 1.165) is 39.0 Å². The number of nitrogens with one attached hydrogen (secondary N) is 2. The van der Waals surface area contributed by atoms with Crippen molar-refractivity contribution in [3.8, 4) is 0 Å². The molecule has 0 aliphatic carbocycles. The second kappa shape index (κ2) is 11.2. The van der Waals surface area contributed by atoms with Crippen LogP contribution in [0.25, 0.3) is 0 Å². The van der Waals surface area contributed by atoms with Crippen molar-refractivity contribution < 1.29 is 14.0 Å². The van der Waals surface area contributed by atoms with Crippen LogP contribution in [0.4, 0.5) is 4.39 Å². The number of rotatable bonds is 7. The monoisotopic (exact) mass is 399 g/mol. The molecule has 0 radical (unpaired) electrons. The molecular weight excluding hydrogens is 369 g/mol. The van der Waals surface area contributed by atoms with E-state index in [4.69, 9.17) is 0 Å². The lowest BCUT2D eigenvalue weighted by Gasteiger charge is -2.35. The minimum atomic E-state index is -0.571. The third kappa shape index (κ3) is 6.78. The van der Waals surface area contributed by atoms with Gasteiger partial charge in [0.05, 0.1) is 0 Å². The molecule has 152 valence electrons. The highest BCUT2D eigenvalue weighted by Gasteiger charge is 2.31. The van der Waals surface area contributed by atoms with E-state index in [1.54, 1.807) is 0 Å². The van der Waals surface area contributed by atoms with Gasteiger partial charge in [-0.1, -0.05) is 20.8 Å². The standard InChI is InChI=1S/C20H30FN3O2.ClH/c1-4-22-13-15-9-11-24(12-10-15)20(26)18(14(2)3)23-19(25)16-5-7-17(21)8-6-16;/h5-8,14-15,18,22H,4,9-13H2,1-3H3,(H,23,25);1H. The third-order valence-corrected chi connectivity index (χ3v) is 4.93. The topological polar surface area (TPSA) is 61.4 Å². The SMILES string of the molecule is CCNCC1CCN(C(=O)C(NC(=O)c2ccc(F)cc2)C(C)C)CC1.Cl. The summed E-state index contributed by atoms with van der Waals surface area (Å²) in [5, 5.41) is 6.19. The second-order valence-electron chi connectivity index (χ2n) is 7.28. The Bertz CT molecular complexity index is 602. The van der Waals surface area contributed by atoms with Crippen LogP contribution in [0, 0.1) is 17.7 Å². The van der Waals surface area contributed by atoms with Crippen molar-refractivity contribution in [3.05, 3.63) is 35.6 Å². The Morgan fingerprint density at radius 3 is 2.30 bits per heavy atom. The Labute approximate surface area is 167 Å². The highest BCUT2D eigenvalue weighted by molar-refractivity contribution is 5.97. The van der Waals surface area contributed by atoms with E-state index in [9.17, 15) is 14.0 Å². The molecule has 2 rings (SSSR count). The van der Waals surface area contributed by atoms with E-state index < -0.39 is 11.9 Å². The fourth-order valence-electron chi connectivity index (χ4n) is 3.24. The van der Waals surface area contributed by atoms with Crippen molar-refractivity contribution in [3.63, 3.8) is 0 Å². The van der Waals surface area contributed by atoms with Crippen molar-refractivity contribution in [1.29, 1.82) is 0 Å². The van der Waals surface area contributed by atoms with Crippen LogP contribution in [-0.4, -0.2) is 48.9 Å². The first kappa shape index (κ1) is 23.4. The molecule has 7 heteroatoms. The molecule has 1 aliphatic heterocycles. The zero-order valence-electron chi connectivity index (χ0n) is 16.3. The Morgan fingerprint density at radius 1 is 1.19 bits per heavy atom. The summed E-state index contributed by atoms with van der Waals surface area (Å²) >= 11 is 0. The van der Waals surface area contributed by atoms with Crippen LogP contribution < -0.4 is 10.6 Å². The van der Waals surface area contributed by atoms with Gasteiger partial charge in [-0.05, 0) is 62.0 Å². The Kier molecular flexibility index (Phi) is 9.74. The van der Waals surface area contributed by atoms with Crippen molar-refractivity contribution in [2.45, 2.75) is 39.7 Å². The summed E-state index contributed by atoms with van der Waals surface area (Å²) < 4.78 is 13.0. The number of hydrogen-bond acceptors (Lipinski definition) is 3. The molecular formula is C20H31ClFN3O2. The number of carbonyl (C=O) groups excluding carboxylic acids is 2. The molecule has 1 atom stereocenters. The molecule has 1 aromatic carbocycles. The van der Waals surface area contributed by atoms with E-state index in [1.165, 1.54) is 24.3 Å². The first-order valence-corrected chi connectivity index (χ1v) is 9.48. The van der Waals surface area contributed by atoms with Gasteiger partial charge in [0.1, 0.15) is 11.9 Å². The maximum absolute atomic E-state index is 13.0. The lowest BCUT2D eigenvalue weighted by Crippen LogP contribution is -2.53. The summed E-state index contributed by atoms with van der Waals surface area (Å²) in [7, 11) is 0. The lowest BCUT2D eigenvalue weighted by atomic mass is 9.95. The number of nitrogens with zero attached hydrogens (tertiary/aromatic N) is 1. The number of hydrogen-bond donors (Lipinski definition) is 2. The molecule has 27 heavy (non-hydrogen) atoms. The maximum atomic E-state index is 13.0. The summed E-state index contributed by atoms with van der Waals surface area (Å²) in [6, 6.07) is 4.78.